The Morgan fingerprint density at radius 2 is 1.94 bits per heavy atom. The van der Waals surface area contributed by atoms with Crippen LogP contribution in [0.1, 0.15) is 42.8 Å². The molecule has 1 aromatic carbocycles. The summed E-state index contributed by atoms with van der Waals surface area (Å²) in [5, 5.41) is 12.2. The van der Waals surface area contributed by atoms with Crippen LogP contribution in [0.4, 0.5) is 5.13 Å². The first-order valence-electron chi connectivity index (χ1n) is 10.9. The van der Waals surface area contributed by atoms with Crippen LogP contribution >= 0.6 is 27.3 Å². The van der Waals surface area contributed by atoms with Crippen molar-refractivity contribution in [1.29, 1.82) is 0 Å². The fourth-order valence-corrected chi connectivity index (χ4v) is 6.54. The molecular formula is C23H23BrN4O3S. The first-order valence-corrected chi connectivity index (χ1v) is 12.5. The third-order valence-corrected chi connectivity index (χ3v) is 8.00. The molecule has 1 saturated heterocycles. The van der Waals surface area contributed by atoms with Crippen LogP contribution in [0.15, 0.2) is 40.9 Å². The fraction of sp³-hybridized carbons (Fsp3) is 0.435. The molecule has 1 aliphatic heterocycles. The standard InChI is InChI=1S/C23H23BrN4O3S/c1-2-4-18-26-27-23(32-18)25-17(29)11-16(12-5-3-6-15(24)10-12)28-21(30)19-13-7-8-14(9-13)20(19)22(28)31/h3,5-8,10,13-14,16,19-20H,2,4,9,11H2,1H3,(H,25,27,29). The molecule has 166 valence electrons. The van der Waals surface area contributed by atoms with Gasteiger partial charge in [-0.05, 0) is 42.4 Å². The number of fused-ring (bicyclic) bond motifs is 5. The maximum absolute atomic E-state index is 13.4. The summed E-state index contributed by atoms with van der Waals surface area (Å²) in [5.41, 5.74) is 0.750. The van der Waals surface area contributed by atoms with Crippen molar-refractivity contribution >= 4 is 50.1 Å². The summed E-state index contributed by atoms with van der Waals surface area (Å²) in [4.78, 5) is 41.1. The number of amides is 3. The van der Waals surface area contributed by atoms with Crippen molar-refractivity contribution < 1.29 is 14.4 Å². The van der Waals surface area contributed by atoms with Gasteiger partial charge >= 0.3 is 0 Å². The van der Waals surface area contributed by atoms with Crippen molar-refractivity contribution in [2.45, 2.75) is 38.6 Å². The first-order chi connectivity index (χ1) is 15.5. The van der Waals surface area contributed by atoms with Gasteiger partial charge in [0.05, 0.1) is 24.3 Å². The predicted octanol–water partition coefficient (Wildman–Crippen LogP) is 4.13. The third-order valence-electron chi connectivity index (χ3n) is 6.61. The minimum atomic E-state index is -0.666. The molecular weight excluding hydrogens is 492 g/mol. The molecule has 2 heterocycles. The van der Waals surface area contributed by atoms with Crippen molar-refractivity contribution in [3.05, 3.63) is 51.5 Å². The topological polar surface area (TPSA) is 92.3 Å². The van der Waals surface area contributed by atoms with Gasteiger partial charge in [-0.2, -0.15) is 0 Å². The summed E-state index contributed by atoms with van der Waals surface area (Å²) in [6, 6.07) is 6.78. The molecule has 32 heavy (non-hydrogen) atoms. The highest BCUT2D eigenvalue weighted by molar-refractivity contribution is 9.10. The highest BCUT2D eigenvalue weighted by Crippen LogP contribution is 2.54. The Kier molecular flexibility index (Phi) is 5.71. The minimum absolute atomic E-state index is 0.0289. The Morgan fingerprint density at radius 1 is 1.22 bits per heavy atom. The normalized spacial score (nSPS) is 26.6. The van der Waals surface area contributed by atoms with Gasteiger partial charge in [0.1, 0.15) is 5.01 Å². The lowest BCUT2D eigenvalue weighted by atomic mass is 9.85. The minimum Gasteiger partial charge on any atom is -0.300 e. The second-order valence-electron chi connectivity index (χ2n) is 8.62. The second-order valence-corrected chi connectivity index (χ2v) is 10.6. The fourth-order valence-electron chi connectivity index (χ4n) is 5.27. The van der Waals surface area contributed by atoms with Crippen molar-refractivity contribution in [3.63, 3.8) is 0 Å². The van der Waals surface area contributed by atoms with E-state index in [1.807, 2.05) is 24.3 Å². The summed E-state index contributed by atoms with van der Waals surface area (Å²) >= 11 is 4.82. The van der Waals surface area contributed by atoms with Gasteiger partial charge in [0, 0.05) is 10.9 Å². The van der Waals surface area contributed by atoms with Gasteiger partial charge in [-0.25, -0.2) is 0 Å². The SMILES string of the molecule is CCCc1nnc(NC(=O)CC(c2cccc(Br)c2)N2C(=O)C3C4C=CC(C4)C3C2=O)s1. The zero-order chi connectivity index (χ0) is 22.4. The average Bonchev–Trinajstić information content (AvgIpc) is 3.53. The Morgan fingerprint density at radius 3 is 2.59 bits per heavy atom. The summed E-state index contributed by atoms with van der Waals surface area (Å²) in [5.74, 6) is -0.951. The van der Waals surface area contributed by atoms with Crippen LogP contribution in [-0.4, -0.2) is 32.8 Å². The molecule has 0 radical (unpaired) electrons. The zero-order valence-corrected chi connectivity index (χ0v) is 19.9. The average molecular weight is 515 g/mol. The van der Waals surface area contributed by atoms with Gasteiger partial charge in [0.15, 0.2) is 0 Å². The number of benzene rings is 1. The molecule has 3 amide bonds. The number of rotatable bonds is 7. The van der Waals surface area contributed by atoms with E-state index in [0.717, 1.165) is 34.3 Å². The first kappa shape index (κ1) is 21.5. The van der Waals surface area contributed by atoms with E-state index in [4.69, 9.17) is 0 Å². The largest absolute Gasteiger partial charge is 0.300 e. The van der Waals surface area contributed by atoms with E-state index >= 15 is 0 Å². The molecule has 5 atom stereocenters. The van der Waals surface area contributed by atoms with Crippen LogP contribution in [0.5, 0.6) is 0 Å². The number of allylic oxidation sites excluding steroid dienone is 2. The number of imide groups is 1. The van der Waals surface area contributed by atoms with Crippen LogP contribution in [0, 0.1) is 23.7 Å². The van der Waals surface area contributed by atoms with Gasteiger partial charge in [0.2, 0.25) is 22.9 Å². The molecule has 2 bridgehead atoms. The van der Waals surface area contributed by atoms with Crippen molar-refractivity contribution in [3.8, 4) is 0 Å². The summed E-state index contributed by atoms with van der Waals surface area (Å²) in [6.07, 6.45) is 6.75. The number of hydrogen-bond acceptors (Lipinski definition) is 6. The van der Waals surface area contributed by atoms with Crippen LogP contribution in [0.25, 0.3) is 0 Å². The number of aromatic nitrogens is 2. The highest BCUT2D eigenvalue weighted by Gasteiger charge is 2.60. The highest BCUT2D eigenvalue weighted by atomic mass is 79.9. The molecule has 5 rings (SSSR count). The molecule has 1 aromatic heterocycles. The zero-order valence-electron chi connectivity index (χ0n) is 17.5. The van der Waals surface area contributed by atoms with E-state index in [9.17, 15) is 14.4 Å². The number of aryl methyl sites for hydroxylation is 1. The maximum atomic E-state index is 13.4. The smallest absolute Gasteiger partial charge is 0.234 e. The van der Waals surface area contributed by atoms with Gasteiger partial charge in [0.25, 0.3) is 0 Å². The van der Waals surface area contributed by atoms with Crippen LogP contribution in [0.2, 0.25) is 0 Å². The molecule has 2 fully saturated rings. The Bertz CT molecular complexity index is 1090. The van der Waals surface area contributed by atoms with E-state index < -0.39 is 6.04 Å². The lowest BCUT2D eigenvalue weighted by molar-refractivity contribution is -0.144. The van der Waals surface area contributed by atoms with E-state index in [1.165, 1.54) is 16.2 Å². The number of carbonyl (C=O) groups is 3. The Hall–Kier alpha value is -2.39. The van der Waals surface area contributed by atoms with Crippen molar-refractivity contribution in [1.82, 2.24) is 15.1 Å². The van der Waals surface area contributed by atoms with E-state index in [2.05, 4.69) is 50.5 Å². The molecule has 9 heteroatoms. The number of anilines is 1. The molecule has 7 nitrogen and oxygen atoms in total. The molecule has 0 spiro atoms. The second kappa shape index (κ2) is 8.51. The van der Waals surface area contributed by atoms with E-state index in [0.29, 0.717) is 5.13 Å². The van der Waals surface area contributed by atoms with E-state index in [1.54, 1.807) is 0 Å². The summed E-state index contributed by atoms with van der Waals surface area (Å²) in [6.45, 7) is 2.06. The lowest BCUT2D eigenvalue weighted by Crippen LogP contribution is -2.38. The molecule has 2 aromatic rings. The number of nitrogens with one attached hydrogen (secondary N) is 1. The van der Waals surface area contributed by atoms with Crippen LogP contribution in [0.3, 0.4) is 0 Å². The van der Waals surface area contributed by atoms with Gasteiger partial charge < -0.3 is 5.32 Å². The molecule has 1 N–H and O–H groups in total. The molecule has 3 aliphatic rings. The quantitative estimate of drug-likeness (QED) is 0.442. The van der Waals surface area contributed by atoms with Gasteiger partial charge in [-0.15, -0.1) is 10.2 Å². The number of carbonyl (C=O) groups excluding carboxylic acids is 3. The number of nitrogens with zero attached hydrogens (tertiary/aromatic N) is 3. The number of halogens is 1. The molecule has 2 aliphatic carbocycles. The third kappa shape index (κ3) is 3.71. The number of hydrogen-bond donors (Lipinski definition) is 1. The van der Waals surface area contributed by atoms with Crippen LogP contribution < -0.4 is 5.32 Å². The van der Waals surface area contributed by atoms with Crippen LogP contribution in [-0.2, 0) is 20.8 Å². The van der Waals surface area contributed by atoms with E-state index in [-0.39, 0.29) is 47.8 Å². The maximum Gasteiger partial charge on any atom is 0.234 e. The lowest BCUT2D eigenvalue weighted by Gasteiger charge is -2.28. The van der Waals surface area contributed by atoms with Crippen molar-refractivity contribution in [2.75, 3.05) is 5.32 Å². The summed E-state index contributed by atoms with van der Waals surface area (Å²) in [7, 11) is 0. The van der Waals surface area contributed by atoms with Gasteiger partial charge in [-0.1, -0.05) is 58.5 Å². The molecule has 5 unspecified atom stereocenters. The Labute approximate surface area is 198 Å². The van der Waals surface area contributed by atoms with Crippen molar-refractivity contribution in [2.24, 2.45) is 23.7 Å². The number of likely N-dealkylation sites (tertiary alicyclic amines) is 1. The molecule has 1 saturated carbocycles. The Balaban J connectivity index is 1.41. The predicted molar refractivity (Wildman–Crippen MR) is 124 cm³/mol. The van der Waals surface area contributed by atoms with Gasteiger partial charge in [-0.3, -0.25) is 19.3 Å². The monoisotopic (exact) mass is 514 g/mol. The summed E-state index contributed by atoms with van der Waals surface area (Å²) < 4.78 is 0.828.